The monoisotopic (exact) mass is 458 g/mol. The Labute approximate surface area is 189 Å². The Balaban J connectivity index is 1.75. The van der Waals surface area contributed by atoms with Crippen LogP contribution in [0.5, 0.6) is 0 Å². The van der Waals surface area contributed by atoms with Crippen LogP contribution in [0.3, 0.4) is 0 Å². The zero-order chi connectivity index (χ0) is 22.8. The van der Waals surface area contributed by atoms with E-state index in [4.69, 9.17) is 19.0 Å². The first-order valence-electron chi connectivity index (χ1n) is 10.6. The van der Waals surface area contributed by atoms with E-state index in [1.165, 1.54) is 18.9 Å². The van der Waals surface area contributed by atoms with Crippen LogP contribution in [-0.2, 0) is 16.0 Å². The van der Waals surface area contributed by atoms with E-state index < -0.39 is 5.97 Å². The van der Waals surface area contributed by atoms with E-state index in [-0.39, 0.29) is 22.8 Å². The van der Waals surface area contributed by atoms with E-state index in [2.05, 4.69) is 10.1 Å². The first-order valence-corrected chi connectivity index (χ1v) is 11.5. The molecule has 32 heavy (non-hydrogen) atoms. The van der Waals surface area contributed by atoms with Crippen molar-refractivity contribution in [3.05, 3.63) is 45.8 Å². The van der Waals surface area contributed by atoms with E-state index in [0.29, 0.717) is 46.5 Å². The largest absolute Gasteiger partial charge is 0.465 e. The summed E-state index contributed by atoms with van der Waals surface area (Å²) in [6, 6.07) is 4.78. The molecule has 0 amide bonds. The highest BCUT2D eigenvalue weighted by molar-refractivity contribution is 7.99. The summed E-state index contributed by atoms with van der Waals surface area (Å²) in [7, 11) is 1.32. The number of hydrogen-bond donors (Lipinski definition) is 0. The summed E-state index contributed by atoms with van der Waals surface area (Å²) in [5.41, 5.74) is 0.598. The summed E-state index contributed by atoms with van der Waals surface area (Å²) in [5.74, 6) is 0.781. The number of esters is 1. The van der Waals surface area contributed by atoms with Gasteiger partial charge in [0.05, 0.1) is 41.5 Å². The molecule has 0 radical (unpaired) electrons. The Kier molecular flexibility index (Phi) is 6.61. The maximum Gasteiger partial charge on any atom is 0.337 e. The number of carbonyl (C=O) groups is 1. The average Bonchev–Trinajstić information content (AvgIpc) is 3.47. The van der Waals surface area contributed by atoms with Gasteiger partial charge in [-0.25, -0.2) is 9.78 Å². The molecule has 10 heteroatoms. The minimum atomic E-state index is -0.480. The molecule has 1 aromatic carbocycles. The van der Waals surface area contributed by atoms with Crippen molar-refractivity contribution in [1.29, 1.82) is 0 Å². The molecule has 2 aromatic heterocycles. The van der Waals surface area contributed by atoms with Crippen molar-refractivity contribution in [3.63, 3.8) is 0 Å². The van der Waals surface area contributed by atoms with Crippen LogP contribution in [0.1, 0.15) is 66.9 Å². The third kappa shape index (κ3) is 4.56. The average molecular weight is 459 g/mol. The molecule has 9 nitrogen and oxygen atoms in total. The molecular weight excluding hydrogens is 432 g/mol. The minimum Gasteiger partial charge on any atom is -0.465 e. The van der Waals surface area contributed by atoms with Crippen LogP contribution in [0, 0.1) is 0 Å². The first kappa shape index (κ1) is 22.5. The molecule has 3 heterocycles. The molecular formula is C22H26N4O5S. The van der Waals surface area contributed by atoms with Gasteiger partial charge < -0.3 is 14.0 Å². The maximum absolute atomic E-state index is 13.4. The van der Waals surface area contributed by atoms with Crippen molar-refractivity contribution in [2.75, 3.05) is 13.7 Å². The van der Waals surface area contributed by atoms with Gasteiger partial charge >= 0.3 is 5.97 Å². The Morgan fingerprint density at radius 3 is 2.78 bits per heavy atom. The topological polar surface area (TPSA) is 109 Å². The number of fused-ring (bicyclic) bond motifs is 1. The van der Waals surface area contributed by atoms with Crippen molar-refractivity contribution in [2.45, 2.75) is 62.6 Å². The van der Waals surface area contributed by atoms with E-state index in [9.17, 15) is 9.59 Å². The van der Waals surface area contributed by atoms with Crippen LogP contribution in [0.2, 0.25) is 0 Å². The van der Waals surface area contributed by atoms with Gasteiger partial charge in [0.1, 0.15) is 0 Å². The number of benzene rings is 1. The van der Waals surface area contributed by atoms with Gasteiger partial charge in [-0.3, -0.25) is 9.36 Å². The van der Waals surface area contributed by atoms with E-state index in [1.807, 2.05) is 20.8 Å². The molecule has 2 atom stereocenters. The van der Waals surface area contributed by atoms with Gasteiger partial charge in [-0.2, -0.15) is 4.98 Å². The summed E-state index contributed by atoms with van der Waals surface area (Å²) in [5, 5.41) is 4.76. The van der Waals surface area contributed by atoms with Gasteiger partial charge in [0, 0.05) is 12.5 Å². The number of carbonyl (C=O) groups excluding carboxylic acids is 1. The van der Waals surface area contributed by atoms with Gasteiger partial charge in [0.25, 0.3) is 5.56 Å². The molecule has 1 aliphatic heterocycles. The van der Waals surface area contributed by atoms with E-state index in [1.54, 1.807) is 22.8 Å². The highest BCUT2D eigenvalue weighted by Gasteiger charge is 2.24. The number of hydrogen-bond acceptors (Lipinski definition) is 9. The third-order valence-electron chi connectivity index (χ3n) is 5.36. The number of nitrogens with zero attached hydrogens (tertiary/aromatic N) is 4. The number of methoxy groups -OCH3 is 1. The zero-order valence-corrected chi connectivity index (χ0v) is 19.3. The standard InChI is InChI=1S/C22H26N4O5S/c1-12(2)18-24-19(31-25-18)13(3)32-22-23-17-10-14(21(28)29-4)7-8-16(17)20(27)26(22)11-15-6-5-9-30-15/h7-8,10,12-13,15H,5-6,9,11H2,1-4H3. The molecule has 1 saturated heterocycles. The number of aromatic nitrogens is 4. The molecule has 0 saturated carbocycles. The van der Waals surface area contributed by atoms with Crippen molar-refractivity contribution >= 4 is 28.6 Å². The van der Waals surface area contributed by atoms with Crippen LogP contribution >= 0.6 is 11.8 Å². The molecule has 3 aromatic rings. The van der Waals surface area contributed by atoms with Crippen molar-refractivity contribution < 1.29 is 18.8 Å². The zero-order valence-electron chi connectivity index (χ0n) is 18.5. The van der Waals surface area contributed by atoms with Crippen molar-refractivity contribution in [2.24, 2.45) is 0 Å². The predicted molar refractivity (Wildman–Crippen MR) is 119 cm³/mol. The number of rotatable bonds is 7. The fourth-order valence-electron chi connectivity index (χ4n) is 3.54. The quantitative estimate of drug-likeness (QED) is 0.297. The van der Waals surface area contributed by atoms with Crippen LogP contribution in [0.4, 0.5) is 0 Å². The number of ether oxygens (including phenoxy) is 2. The molecule has 170 valence electrons. The van der Waals surface area contributed by atoms with Gasteiger partial charge in [0.15, 0.2) is 11.0 Å². The second kappa shape index (κ2) is 9.41. The molecule has 0 bridgehead atoms. The van der Waals surface area contributed by atoms with Gasteiger partial charge in [-0.05, 0) is 38.0 Å². The molecule has 0 N–H and O–H groups in total. The molecule has 1 aliphatic rings. The third-order valence-corrected chi connectivity index (χ3v) is 6.43. The lowest BCUT2D eigenvalue weighted by molar-refractivity contribution is 0.0601. The SMILES string of the molecule is COC(=O)c1ccc2c(=O)n(CC3CCCO3)c(SC(C)c3nc(C(C)C)no3)nc2c1. The lowest BCUT2D eigenvalue weighted by atomic mass is 10.1. The summed E-state index contributed by atoms with van der Waals surface area (Å²) < 4.78 is 17.7. The smallest absolute Gasteiger partial charge is 0.337 e. The Morgan fingerprint density at radius 2 is 2.12 bits per heavy atom. The fourth-order valence-corrected chi connectivity index (χ4v) is 4.49. The molecule has 2 unspecified atom stereocenters. The second-order valence-corrected chi connectivity index (χ2v) is 9.38. The summed E-state index contributed by atoms with van der Waals surface area (Å²) in [6.45, 7) is 7.03. The van der Waals surface area contributed by atoms with E-state index >= 15 is 0 Å². The summed E-state index contributed by atoms with van der Waals surface area (Å²) in [4.78, 5) is 34.6. The van der Waals surface area contributed by atoms with Crippen LogP contribution in [0.15, 0.2) is 32.7 Å². The minimum absolute atomic E-state index is 0.0353. The first-order chi connectivity index (χ1) is 15.4. The molecule has 1 fully saturated rings. The fraction of sp³-hybridized carbons (Fsp3) is 0.500. The molecule has 4 rings (SSSR count). The Bertz CT molecular complexity index is 1180. The Morgan fingerprint density at radius 1 is 1.31 bits per heavy atom. The lowest BCUT2D eigenvalue weighted by Gasteiger charge is -2.17. The molecule has 0 spiro atoms. The number of thioether (sulfide) groups is 1. The van der Waals surface area contributed by atoms with Crippen molar-refractivity contribution in [1.82, 2.24) is 19.7 Å². The van der Waals surface area contributed by atoms with Gasteiger partial charge in [0.2, 0.25) is 5.89 Å². The summed E-state index contributed by atoms with van der Waals surface area (Å²) in [6.07, 6.45) is 1.83. The highest BCUT2D eigenvalue weighted by Crippen LogP contribution is 2.34. The maximum atomic E-state index is 13.4. The summed E-state index contributed by atoms with van der Waals surface area (Å²) >= 11 is 1.36. The van der Waals surface area contributed by atoms with E-state index in [0.717, 1.165) is 12.8 Å². The Hall–Kier alpha value is -2.72. The van der Waals surface area contributed by atoms with Crippen LogP contribution in [0.25, 0.3) is 10.9 Å². The second-order valence-electron chi connectivity index (χ2n) is 8.07. The normalized spacial score (nSPS) is 17.2. The van der Waals surface area contributed by atoms with Crippen molar-refractivity contribution in [3.8, 4) is 0 Å². The molecule has 0 aliphatic carbocycles. The van der Waals surface area contributed by atoms with Gasteiger partial charge in [-0.15, -0.1) is 0 Å². The van der Waals surface area contributed by atoms with Crippen LogP contribution < -0.4 is 5.56 Å². The lowest BCUT2D eigenvalue weighted by Crippen LogP contribution is -2.29. The van der Waals surface area contributed by atoms with Gasteiger partial charge in [-0.1, -0.05) is 30.8 Å². The predicted octanol–water partition coefficient (Wildman–Crippen LogP) is 3.72. The highest BCUT2D eigenvalue weighted by atomic mass is 32.2. The van der Waals surface area contributed by atoms with Crippen LogP contribution in [-0.4, -0.2) is 45.5 Å².